The van der Waals surface area contributed by atoms with Crippen LogP contribution in [0.5, 0.6) is 0 Å². The molecule has 1 aromatic heterocycles. The van der Waals surface area contributed by atoms with Crippen LogP contribution in [0.4, 0.5) is 0 Å². The van der Waals surface area contributed by atoms with Crippen LogP contribution in [0.1, 0.15) is 28.6 Å². The molecule has 1 aliphatic rings. The van der Waals surface area contributed by atoms with E-state index in [0.717, 1.165) is 19.5 Å². The summed E-state index contributed by atoms with van der Waals surface area (Å²) in [5, 5.41) is 2.93. The second-order valence-electron chi connectivity index (χ2n) is 5.53. The monoisotopic (exact) mass is 284 g/mol. The molecule has 1 N–H and O–H groups in total. The van der Waals surface area contributed by atoms with Gasteiger partial charge in [0, 0.05) is 25.7 Å². The first-order chi connectivity index (χ1) is 10.2. The lowest BCUT2D eigenvalue weighted by atomic mass is 9.99. The van der Waals surface area contributed by atoms with Crippen LogP contribution >= 0.6 is 0 Å². The minimum absolute atomic E-state index is 0.149. The maximum atomic E-state index is 11.9. The highest BCUT2D eigenvalue weighted by atomic mass is 16.3. The third kappa shape index (κ3) is 3.16. The molecule has 21 heavy (non-hydrogen) atoms. The largest absolute Gasteiger partial charge is 0.459 e. The van der Waals surface area contributed by atoms with Gasteiger partial charge in [-0.15, -0.1) is 0 Å². The number of carbonyl (C=O) groups is 1. The molecule has 0 saturated heterocycles. The Morgan fingerprint density at radius 3 is 2.86 bits per heavy atom. The molecule has 0 radical (unpaired) electrons. The Balaban J connectivity index is 1.55. The van der Waals surface area contributed by atoms with Gasteiger partial charge in [0.1, 0.15) is 0 Å². The summed E-state index contributed by atoms with van der Waals surface area (Å²) in [6.07, 6.45) is 2.59. The number of rotatable bonds is 4. The standard InChI is InChI=1S/C17H20N2O2/c1-13(11-18-17(20)16-7-4-10-21-16)19-9-8-14-5-2-3-6-15(14)12-19/h2-7,10,13H,8-9,11-12H2,1H3,(H,18,20)/t13-/m1/s1. The number of hydrogen-bond acceptors (Lipinski definition) is 3. The molecule has 1 atom stereocenters. The molecular formula is C17H20N2O2. The Kier molecular flexibility index (Phi) is 4.06. The van der Waals surface area contributed by atoms with E-state index in [1.807, 2.05) is 0 Å². The van der Waals surface area contributed by atoms with Crippen molar-refractivity contribution >= 4 is 5.91 Å². The van der Waals surface area contributed by atoms with E-state index in [0.29, 0.717) is 18.3 Å². The van der Waals surface area contributed by atoms with Crippen molar-refractivity contribution in [1.82, 2.24) is 10.2 Å². The van der Waals surface area contributed by atoms with Gasteiger partial charge in [0.15, 0.2) is 5.76 Å². The predicted octanol–water partition coefficient (Wildman–Crippen LogP) is 2.46. The van der Waals surface area contributed by atoms with Crippen LogP contribution in [0.15, 0.2) is 47.1 Å². The smallest absolute Gasteiger partial charge is 0.287 e. The average molecular weight is 284 g/mol. The number of carbonyl (C=O) groups excluding carboxylic acids is 1. The molecule has 4 heteroatoms. The van der Waals surface area contributed by atoms with Crippen LogP contribution in [0, 0.1) is 0 Å². The van der Waals surface area contributed by atoms with Gasteiger partial charge >= 0.3 is 0 Å². The molecule has 0 unspecified atom stereocenters. The molecule has 1 aliphatic heterocycles. The molecule has 0 saturated carbocycles. The average Bonchev–Trinajstić information content (AvgIpc) is 3.06. The fraction of sp³-hybridized carbons (Fsp3) is 0.353. The van der Waals surface area contributed by atoms with Crippen molar-refractivity contribution in [2.24, 2.45) is 0 Å². The van der Waals surface area contributed by atoms with Crippen LogP contribution in [0.2, 0.25) is 0 Å². The SMILES string of the molecule is C[C@H](CNC(=O)c1ccco1)N1CCc2ccccc2C1. The number of nitrogens with zero attached hydrogens (tertiary/aromatic N) is 1. The van der Waals surface area contributed by atoms with Crippen molar-refractivity contribution in [1.29, 1.82) is 0 Å². The highest BCUT2D eigenvalue weighted by molar-refractivity contribution is 5.91. The predicted molar refractivity (Wildman–Crippen MR) is 81.1 cm³/mol. The summed E-state index contributed by atoms with van der Waals surface area (Å²) in [5.74, 6) is 0.218. The van der Waals surface area contributed by atoms with Gasteiger partial charge < -0.3 is 9.73 Å². The van der Waals surface area contributed by atoms with Crippen LogP contribution < -0.4 is 5.32 Å². The number of benzene rings is 1. The highest BCUT2D eigenvalue weighted by Gasteiger charge is 2.21. The summed E-state index contributed by atoms with van der Waals surface area (Å²) in [7, 11) is 0. The van der Waals surface area contributed by atoms with Crippen molar-refractivity contribution in [3.05, 3.63) is 59.5 Å². The van der Waals surface area contributed by atoms with Gasteiger partial charge in [-0.25, -0.2) is 0 Å². The Morgan fingerprint density at radius 1 is 1.29 bits per heavy atom. The highest BCUT2D eigenvalue weighted by Crippen LogP contribution is 2.19. The van der Waals surface area contributed by atoms with Crippen LogP contribution in [0.3, 0.4) is 0 Å². The van der Waals surface area contributed by atoms with Crippen LogP contribution in [-0.4, -0.2) is 29.9 Å². The molecule has 0 bridgehead atoms. The summed E-state index contributed by atoms with van der Waals surface area (Å²) < 4.78 is 5.09. The quantitative estimate of drug-likeness (QED) is 0.938. The number of hydrogen-bond donors (Lipinski definition) is 1. The summed E-state index contributed by atoms with van der Waals surface area (Å²) in [5.41, 5.74) is 2.84. The summed E-state index contributed by atoms with van der Waals surface area (Å²) in [4.78, 5) is 14.3. The van der Waals surface area contributed by atoms with E-state index in [1.165, 1.54) is 17.4 Å². The second kappa shape index (κ2) is 6.14. The van der Waals surface area contributed by atoms with Crippen molar-refractivity contribution in [2.75, 3.05) is 13.1 Å². The Labute approximate surface area is 124 Å². The third-order valence-electron chi connectivity index (χ3n) is 4.09. The first kappa shape index (κ1) is 13.9. The lowest BCUT2D eigenvalue weighted by Crippen LogP contribution is -2.44. The minimum atomic E-state index is -0.149. The zero-order chi connectivity index (χ0) is 14.7. The molecule has 0 spiro atoms. The maximum Gasteiger partial charge on any atom is 0.287 e. The lowest BCUT2D eigenvalue weighted by Gasteiger charge is -2.33. The third-order valence-corrected chi connectivity index (χ3v) is 4.09. The molecule has 1 aromatic carbocycles. The van der Waals surface area contributed by atoms with Gasteiger partial charge in [-0.3, -0.25) is 9.69 Å². The topological polar surface area (TPSA) is 45.5 Å². The molecular weight excluding hydrogens is 264 g/mol. The van der Waals surface area contributed by atoms with Gasteiger partial charge in [0.2, 0.25) is 0 Å². The van der Waals surface area contributed by atoms with Crippen molar-refractivity contribution in [2.45, 2.75) is 25.9 Å². The van der Waals surface area contributed by atoms with E-state index < -0.39 is 0 Å². The number of amides is 1. The molecule has 110 valence electrons. The zero-order valence-electron chi connectivity index (χ0n) is 12.2. The number of fused-ring (bicyclic) bond motifs is 1. The first-order valence-electron chi connectivity index (χ1n) is 7.36. The molecule has 4 nitrogen and oxygen atoms in total. The first-order valence-corrected chi connectivity index (χ1v) is 7.36. The van der Waals surface area contributed by atoms with E-state index in [-0.39, 0.29) is 5.91 Å². The van der Waals surface area contributed by atoms with Crippen LogP contribution in [-0.2, 0) is 13.0 Å². The zero-order valence-corrected chi connectivity index (χ0v) is 12.2. The van der Waals surface area contributed by atoms with E-state index in [1.54, 1.807) is 12.1 Å². The Bertz CT molecular complexity index is 607. The fourth-order valence-corrected chi connectivity index (χ4v) is 2.76. The Morgan fingerprint density at radius 2 is 2.10 bits per heavy atom. The molecule has 0 fully saturated rings. The fourth-order valence-electron chi connectivity index (χ4n) is 2.76. The summed E-state index contributed by atoms with van der Waals surface area (Å²) in [6, 6.07) is 12.3. The molecule has 3 rings (SSSR count). The number of furan rings is 1. The van der Waals surface area contributed by atoms with Crippen LogP contribution in [0.25, 0.3) is 0 Å². The molecule has 0 aliphatic carbocycles. The van der Waals surface area contributed by atoms with Gasteiger partial charge in [0.25, 0.3) is 5.91 Å². The van der Waals surface area contributed by atoms with Gasteiger partial charge in [-0.2, -0.15) is 0 Å². The summed E-state index contributed by atoms with van der Waals surface area (Å²) >= 11 is 0. The van der Waals surface area contributed by atoms with E-state index >= 15 is 0 Å². The van der Waals surface area contributed by atoms with E-state index in [9.17, 15) is 4.79 Å². The molecule has 2 heterocycles. The van der Waals surface area contributed by atoms with E-state index in [4.69, 9.17) is 4.42 Å². The summed E-state index contributed by atoms with van der Waals surface area (Å²) in [6.45, 7) is 4.76. The molecule has 2 aromatic rings. The van der Waals surface area contributed by atoms with Crippen molar-refractivity contribution in [3.63, 3.8) is 0 Å². The minimum Gasteiger partial charge on any atom is -0.459 e. The van der Waals surface area contributed by atoms with Gasteiger partial charge in [0.05, 0.1) is 6.26 Å². The van der Waals surface area contributed by atoms with Crippen molar-refractivity contribution < 1.29 is 9.21 Å². The number of nitrogens with one attached hydrogen (secondary N) is 1. The maximum absolute atomic E-state index is 11.9. The van der Waals surface area contributed by atoms with Crippen molar-refractivity contribution in [3.8, 4) is 0 Å². The normalized spacial score (nSPS) is 16.2. The molecule has 1 amide bonds. The van der Waals surface area contributed by atoms with Gasteiger partial charge in [-0.05, 0) is 36.6 Å². The Hall–Kier alpha value is -2.07. The second-order valence-corrected chi connectivity index (χ2v) is 5.53. The van der Waals surface area contributed by atoms with E-state index in [2.05, 4.69) is 41.4 Å². The van der Waals surface area contributed by atoms with Gasteiger partial charge in [-0.1, -0.05) is 24.3 Å². The lowest BCUT2D eigenvalue weighted by molar-refractivity contribution is 0.0905.